The Bertz CT molecular complexity index is 780. The zero-order chi connectivity index (χ0) is 18.7. The molecule has 0 radical (unpaired) electrons. The Labute approximate surface area is 153 Å². The predicted octanol–water partition coefficient (Wildman–Crippen LogP) is 3.49. The minimum absolute atomic E-state index is 0.137. The first-order valence-corrected chi connectivity index (χ1v) is 8.84. The maximum atomic E-state index is 13.0. The van der Waals surface area contributed by atoms with E-state index < -0.39 is 5.60 Å². The number of benzene rings is 2. The number of likely N-dealkylation sites (tertiary alicyclic amines) is 1. The fourth-order valence-electron chi connectivity index (χ4n) is 3.07. The molecule has 138 valence electrons. The van der Waals surface area contributed by atoms with Crippen LogP contribution in [0.5, 0.6) is 5.75 Å². The molecule has 0 unspecified atom stereocenters. The summed E-state index contributed by atoms with van der Waals surface area (Å²) in [6.45, 7) is 5.16. The van der Waals surface area contributed by atoms with Gasteiger partial charge in [-0.25, -0.2) is 4.39 Å². The molecular weight excluding hydrogens is 333 g/mol. The number of rotatable bonds is 4. The van der Waals surface area contributed by atoms with E-state index in [1.54, 1.807) is 4.90 Å². The molecule has 0 bridgehead atoms. The van der Waals surface area contributed by atoms with Gasteiger partial charge in [-0.2, -0.15) is 0 Å². The lowest BCUT2D eigenvalue weighted by atomic mass is 9.92. The summed E-state index contributed by atoms with van der Waals surface area (Å²) in [7, 11) is 0. The van der Waals surface area contributed by atoms with E-state index in [4.69, 9.17) is 4.74 Å². The molecule has 3 rings (SSSR count). The lowest BCUT2D eigenvalue weighted by molar-refractivity contribution is -0.0475. The molecule has 1 saturated heterocycles. The topological polar surface area (TPSA) is 49.8 Å². The van der Waals surface area contributed by atoms with Crippen LogP contribution in [0.1, 0.15) is 34.3 Å². The second kappa shape index (κ2) is 7.46. The minimum Gasteiger partial charge on any atom is -0.491 e. The molecule has 1 N–H and O–H groups in total. The number of amides is 1. The summed E-state index contributed by atoms with van der Waals surface area (Å²) in [6, 6.07) is 11.4. The fraction of sp³-hybridized carbons (Fsp3) is 0.381. The van der Waals surface area contributed by atoms with Crippen LogP contribution in [0.3, 0.4) is 0 Å². The van der Waals surface area contributed by atoms with Gasteiger partial charge < -0.3 is 14.7 Å². The lowest BCUT2D eigenvalue weighted by Gasteiger charge is -2.38. The second-order valence-electron chi connectivity index (χ2n) is 7.06. The Kier molecular flexibility index (Phi) is 5.28. The van der Waals surface area contributed by atoms with E-state index in [1.165, 1.54) is 29.8 Å². The Hall–Kier alpha value is -2.40. The van der Waals surface area contributed by atoms with Crippen LogP contribution in [-0.2, 0) is 0 Å². The third kappa shape index (κ3) is 4.22. The monoisotopic (exact) mass is 357 g/mol. The molecule has 5 heteroatoms. The van der Waals surface area contributed by atoms with Crippen molar-refractivity contribution in [1.29, 1.82) is 0 Å². The first-order chi connectivity index (χ1) is 12.4. The lowest BCUT2D eigenvalue weighted by Crippen LogP contribution is -2.49. The van der Waals surface area contributed by atoms with Crippen LogP contribution in [0.4, 0.5) is 4.39 Å². The van der Waals surface area contributed by atoms with Crippen molar-refractivity contribution in [3.8, 4) is 5.75 Å². The number of hydrogen-bond acceptors (Lipinski definition) is 3. The number of aliphatic hydroxyl groups is 1. The quantitative estimate of drug-likeness (QED) is 0.911. The molecule has 0 saturated carbocycles. The normalized spacial score (nSPS) is 16.4. The third-order valence-electron chi connectivity index (χ3n) is 5.06. The van der Waals surface area contributed by atoms with Crippen LogP contribution in [0.2, 0.25) is 0 Å². The predicted molar refractivity (Wildman–Crippen MR) is 97.9 cm³/mol. The Morgan fingerprint density at radius 2 is 1.77 bits per heavy atom. The summed E-state index contributed by atoms with van der Waals surface area (Å²) < 4.78 is 18.8. The smallest absolute Gasteiger partial charge is 0.253 e. The van der Waals surface area contributed by atoms with Gasteiger partial charge in [0.25, 0.3) is 5.91 Å². The number of ether oxygens (including phenoxy) is 1. The van der Waals surface area contributed by atoms with E-state index >= 15 is 0 Å². The van der Waals surface area contributed by atoms with Crippen LogP contribution in [0.15, 0.2) is 42.5 Å². The Morgan fingerprint density at radius 1 is 1.12 bits per heavy atom. The molecule has 0 aliphatic carbocycles. The van der Waals surface area contributed by atoms with Crippen molar-refractivity contribution < 1.29 is 19.0 Å². The SMILES string of the molecule is Cc1ccc(OCC2(O)CCN(C(=O)c3ccc(F)cc3)CC2)cc1C. The molecule has 0 aromatic heterocycles. The molecule has 1 heterocycles. The van der Waals surface area contributed by atoms with Crippen molar-refractivity contribution in [2.45, 2.75) is 32.3 Å². The van der Waals surface area contributed by atoms with E-state index in [-0.39, 0.29) is 18.3 Å². The first-order valence-electron chi connectivity index (χ1n) is 8.84. The third-order valence-corrected chi connectivity index (χ3v) is 5.06. The fourth-order valence-corrected chi connectivity index (χ4v) is 3.07. The van der Waals surface area contributed by atoms with Crippen LogP contribution >= 0.6 is 0 Å². The van der Waals surface area contributed by atoms with Crippen molar-refractivity contribution in [3.63, 3.8) is 0 Å². The van der Waals surface area contributed by atoms with E-state index in [2.05, 4.69) is 0 Å². The van der Waals surface area contributed by atoms with Gasteiger partial charge in [-0.3, -0.25) is 4.79 Å². The van der Waals surface area contributed by atoms with E-state index in [9.17, 15) is 14.3 Å². The van der Waals surface area contributed by atoms with Crippen LogP contribution < -0.4 is 4.74 Å². The van der Waals surface area contributed by atoms with Gasteiger partial charge in [-0.15, -0.1) is 0 Å². The van der Waals surface area contributed by atoms with Crippen molar-refractivity contribution in [2.75, 3.05) is 19.7 Å². The van der Waals surface area contributed by atoms with Crippen molar-refractivity contribution in [3.05, 3.63) is 65.0 Å². The van der Waals surface area contributed by atoms with Gasteiger partial charge in [0.2, 0.25) is 0 Å². The average Bonchev–Trinajstić information content (AvgIpc) is 2.63. The number of carbonyl (C=O) groups is 1. The summed E-state index contributed by atoms with van der Waals surface area (Å²) in [5, 5.41) is 10.8. The van der Waals surface area contributed by atoms with Gasteiger partial charge in [-0.1, -0.05) is 6.07 Å². The van der Waals surface area contributed by atoms with Crippen LogP contribution in [-0.4, -0.2) is 41.2 Å². The highest BCUT2D eigenvalue weighted by Gasteiger charge is 2.35. The van der Waals surface area contributed by atoms with Crippen LogP contribution in [0, 0.1) is 19.7 Å². The number of aryl methyl sites for hydroxylation is 2. The zero-order valence-corrected chi connectivity index (χ0v) is 15.2. The van der Waals surface area contributed by atoms with Crippen LogP contribution in [0.25, 0.3) is 0 Å². The second-order valence-corrected chi connectivity index (χ2v) is 7.06. The summed E-state index contributed by atoms with van der Waals surface area (Å²) in [4.78, 5) is 14.2. The van der Waals surface area contributed by atoms with Gasteiger partial charge in [-0.05, 0) is 74.2 Å². The molecule has 1 aliphatic rings. The Balaban J connectivity index is 1.55. The number of halogens is 1. The highest BCUT2D eigenvalue weighted by Crippen LogP contribution is 2.25. The van der Waals surface area contributed by atoms with Gasteiger partial charge in [0, 0.05) is 18.7 Å². The summed E-state index contributed by atoms with van der Waals surface area (Å²) >= 11 is 0. The van der Waals surface area contributed by atoms with Crippen molar-refractivity contribution in [2.24, 2.45) is 0 Å². The van der Waals surface area contributed by atoms with E-state index in [0.717, 1.165) is 11.3 Å². The minimum atomic E-state index is -0.946. The number of carbonyl (C=O) groups excluding carboxylic acids is 1. The summed E-state index contributed by atoms with van der Waals surface area (Å²) in [5.74, 6) is 0.242. The summed E-state index contributed by atoms with van der Waals surface area (Å²) in [6.07, 6.45) is 0.898. The molecule has 26 heavy (non-hydrogen) atoms. The molecule has 0 atom stereocenters. The summed E-state index contributed by atoms with van der Waals surface area (Å²) in [5.41, 5.74) is 1.86. The molecule has 0 spiro atoms. The van der Waals surface area contributed by atoms with Crippen molar-refractivity contribution in [1.82, 2.24) is 4.90 Å². The van der Waals surface area contributed by atoms with E-state index in [1.807, 2.05) is 32.0 Å². The van der Waals surface area contributed by atoms with Gasteiger partial charge in [0.1, 0.15) is 23.8 Å². The Morgan fingerprint density at radius 3 is 2.38 bits per heavy atom. The molecule has 1 fully saturated rings. The molecule has 2 aromatic carbocycles. The first kappa shape index (κ1) is 18.4. The molecular formula is C21H24FNO3. The largest absolute Gasteiger partial charge is 0.491 e. The standard InChI is InChI=1S/C21H24FNO3/c1-15-3-8-19(13-16(15)2)26-14-21(25)9-11-23(12-10-21)20(24)17-4-6-18(22)7-5-17/h3-8,13,25H,9-12,14H2,1-2H3. The zero-order valence-electron chi connectivity index (χ0n) is 15.2. The van der Waals surface area contributed by atoms with E-state index in [0.29, 0.717) is 31.5 Å². The average molecular weight is 357 g/mol. The molecule has 1 aliphatic heterocycles. The van der Waals surface area contributed by atoms with Crippen molar-refractivity contribution >= 4 is 5.91 Å². The maximum Gasteiger partial charge on any atom is 0.253 e. The van der Waals surface area contributed by atoms with Gasteiger partial charge in [0.05, 0.1) is 0 Å². The molecule has 4 nitrogen and oxygen atoms in total. The number of piperidine rings is 1. The number of nitrogens with zero attached hydrogens (tertiary/aromatic N) is 1. The highest BCUT2D eigenvalue weighted by atomic mass is 19.1. The molecule has 1 amide bonds. The number of hydrogen-bond donors (Lipinski definition) is 1. The van der Waals surface area contributed by atoms with Gasteiger partial charge in [0.15, 0.2) is 0 Å². The molecule has 2 aromatic rings. The highest BCUT2D eigenvalue weighted by molar-refractivity contribution is 5.94. The van der Waals surface area contributed by atoms with Gasteiger partial charge >= 0.3 is 0 Å². The maximum absolute atomic E-state index is 13.0.